The Hall–Kier alpha value is -0.230. The number of rotatable bonds is 6. The van der Waals surface area contributed by atoms with E-state index in [1.54, 1.807) is 0 Å². The third-order valence-electron chi connectivity index (χ3n) is 2.59. The highest BCUT2D eigenvalue weighted by molar-refractivity contribution is 8.00. The van der Waals surface area contributed by atoms with Gasteiger partial charge in [0.2, 0.25) is 0 Å². The molecule has 0 aliphatic carbocycles. The lowest BCUT2D eigenvalue weighted by Gasteiger charge is -2.13. The maximum absolute atomic E-state index is 11.0. The van der Waals surface area contributed by atoms with E-state index < -0.39 is 9.84 Å². The number of halogens is 1. The van der Waals surface area contributed by atoms with Gasteiger partial charge in [-0.1, -0.05) is 17.7 Å². The molecule has 1 aromatic carbocycles. The van der Waals surface area contributed by atoms with Gasteiger partial charge in [-0.3, -0.25) is 0 Å². The molecule has 0 radical (unpaired) electrons. The Bertz CT molecular complexity index is 503. The summed E-state index contributed by atoms with van der Waals surface area (Å²) < 4.78 is 22.0. The minimum Gasteiger partial charge on any atom is -0.313 e. The van der Waals surface area contributed by atoms with Crippen LogP contribution in [0.5, 0.6) is 0 Å². The lowest BCUT2D eigenvalue weighted by molar-refractivity contribution is 0.603. The first-order valence-corrected chi connectivity index (χ1v) is 9.03. The van der Waals surface area contributed by atoms with Gasteiger partial charge < -0.3 is 5.32 Å². The van der Waals surface area contributed by atoms with Gasteiger partial charge in [-0.05, 0) is 31.7 Å². The van der Waals surface area contributed by atoms with Gasteiger partial charge in [-0.2, -0.15) is 0 Å². The summed E-state index contributed by atoms with van der Waals surface area (Å²) in [5.74, 6) is 0.736. The maximum Gasteiger partial charge on any atom is 0.148 e. The second-order valence-corrected chi connectivity index (χ2v) is 8.01. The van der Waals surface area contributed by atoms with Gasteiger partial charge in [0.05, 0.1) is 5.75 Å². The van der Waals surface area contributed by atoms with Crippen molar-refractivity contribution in [3.8, 4) is 0 Å². The molecule has 1 N–H and O–H groups in total. The van der Waals surface area contributed by atoms with E-state index in [0.29, 0.717) is 10.8 Å². The molecule has 0 bridgehead atoms. The summed E-state index contributed by atoms with van der Waals surface area (Å²) in [6.45, 7) is 2.04. The molecule has 0 aromatic heterocycles. The van der Waals surface area contributed by atoms with Crippen LogP contribution in [0.3, 0.4) is 0 Å². The summed E-state index contributed by atoms with van der Waals surface area (Å²) >= 11 is 7.71. The fraction of sp³-hybridized carbons (Fsp3) is 0.500. The molecule has 1 atom stereocenters. The Morgan fingerprint density at radius 3 is 2.61 bits per heavy atom. The zero-order chi connectivity index (χ0) is 13.8. The van der Waals surface area contributed by atoms with Gasteiger partial charge in [0.1, 0.15) is 9.84 Å². The zero-order valence-corrected chi connectivity index (χ0v) is 13.1. The highest BCUT2D eigenvalue weighted by Gasteiger charge is 2.09. The van der Waals surface area contributed by atoms with Crippen LogP contribution in [-0.2, 0) is 9.84 Å². The van der Waals surface area contributed by atoms with Crippen LogP contribution in [0.25, 0.3) is 0 Å². The topological polar surface area (TPSA) is 46.2 Å². The van der Waals surface area contributed by atoms with Crippen molar-refractivity contribution in [2.45, 2.75) is 17.9 Å². The monoisotopic (exact) mass is 307 g/mol. The average molecular weight is 308 g/mol. The SMILES string of the molecule is CNC(C)c1ccc(SCCS(C)(=O)=O)cc1Cl. The summed E-state index contributed by atoms with van der Waals surface area (Å²) in [4.78, 5) is 0.996. The minimum atomic E-state index is -2.89. The number of sulfone groups is 1. The van der Waals surface area contributed by atoms with Gasteiger partial charge in [-0.25, -0.2) is 8.42 Å². The molecule has 3 nitrogen and oxygen atoms in total. The van der Waals surface area contributed by atoms with Crippen LogP contribution in [0.1, 0.15) is 18.5 Å². The molecule has 0 heterocycles. The minimum absolute atomic E-state index is 0.184. The molecule has 0 amide bonds. The molecule has 1 rings (SSSR count). The van der Waals surface area contributed by atoms with Gasteiger partial charge in [0, 0.05) is 28.0 Å². The molecule has 6 heteroatoms. The van der Waals surface area contributed by atoms with Gasteiger partial charge in [0.25, 0.3) is 0 Å². The number of hydrogen-bond donors (Lipinski definition) is 1. The third kappa shape index (κ3) is 5.18. The van der Waals surface area contributed by atoms with E-state index in [1.165, 1.54) is 18.0 Å². The van der Waals surface area contributed by atoms with Crippen molar-refractivity contribution >= 4 is 33.2 Å². The predicted octanol–water partition coefficient (Wildman–Crippen LogP) is 2.76. The van der Waals surface area contributed by atoms with E-state index >= 15 is 0 Å². The standard InChI is InChI=1S/C12H18ClNO2S2/c1-9(14-2)11-5-4-10(8-12(11)13)17-6-7-18(3,15)16/h4-5,8-9,14H,6-7H2,1-3H3. The van der Waals surface area contributed by atoms with Gasteiger partial charge >= 0.3 is 0 Å². The zero-order valence-electron chi connectivity index (χ0n) is 10.7. The van der Waals surface area contributed by atoms with E-state index in [4.69, 9.17) is 11.6 Å². The maximum atomic E-state index is 11.0. The van der Waals surface area contributed by atoms with Crippen LogP contribution in [0.15, 0.2) is 23.1 Å². The van der Waals surface area contributed by atoms with Crippen LogP contribution in [0.2, 0.25) is 5.02 Å². The molecule has 1 aromatic rings. The van der Waals surface area contributed by atoms with Crippen molar-refractivity contribution in [3.63, 3.8) is 0 Å². The van der Waals surface area contributed by atoms with Crippen LogP contribution >= 0.6 is 23.4 Å². The first kappa shape index (κ1) is 15.8. The van der Waals surface area contributed by atoms with E-state index in [2.05, 4.69) is 5.32 Å². The van der Waals surface area contributed by atoms with Crippen LogP contribution in [0, 0.1) is 0 Å². The molecule has 0 fully saturated rings. The highest BCUT2D eigenvalue weighted by Crippen LogP contribution is 2.28. The fourth-order valence-electron chi connectivity index (χ4n) is 1.42. The van der Waals surface area contributed by atoms with Crippen molar-refractivity contribution in [2.75, 3.05) is 24.8 Å². The van der Waals surface area contributed by atoms with Crippen molar-refractivity contribution in [1.29, 1.82) is 0 Å². The van der Waals surface area contributed by atoms with E-state index in [0.717, 1.165) is 10.5 Å². The molecule has 18 heavy (non-hydrogen) atoms. The first-order chi connectivity index (χ1) is 8.33. The van der Waals surface area contributed by atoms with E-state index in [1.807, 2.05) is 32.2 Å². The number of thioether (sulfide) groups is 1. The summed E-state index contributed by atoms with van der Waals surface area (Å²) in [7, 11) is -1.01. The van der Waals surface area contributed by atoms with Crippen LogP contribution < -0.4 is 5.32 Å². The Morgan fingerprint density at radius 2 is 2.11 bits per heavy atom. The Labute approximate surface area is 118 Å². The lowest BCUT2D eigenvalue weighted by atomic mass is 10.1. The van der Waals surface area contributed by atoms with Gasteiger partial charge in [-0.15, -0.1) is 11.8 Å². The molecule has 0 saturated heterocycles. The smallest absolute Gasteiger partial charge is 0.148 e. The summed E-state index contributed by atoms with van der Waals surface area (Å²) in [5.41, 5.74) is 1.05. The molecule has 0 aliphatic heterocycles. The Morgan fingerprint density at radius 1 is 1.44 bits per heavy atom. The van der Waals surface area contributed by atoms with E-state index in [-0.39, 0.29) is 11.8 Å². The van der Waals surface area contributed by atoms with Crippen molar-refractivity contribution < 1.29 is 8.42 Å². The van der Waals surface area contributed by atoms with Crippen molar-refractivity contribution in [3.05, 3.63) is 28.8 Å². The van der Waals surface area contributed by atoms with Crippen molar-refractivity contribution in [2.24, 2.45) is 0 Å². The predicted molar refractivity (Wildman–Crippen MR) is 79.4 cm³/mol. The second kappa shape index (κ2) is 6.80. The summed E-state index contributed by atoms with van der Waals surface area (Å²) in [6, 6.07) is 6.04. The first-order valence-electron chi connectivity index (χ1n) is 5.60. The summed E-state index contributed by atoms with van der Waals surface area (Å²) in [5, 5.41) is 3.84. The molecule has 102 valence electrons. The van der Waals surface area contributed by atoms with E-state index in [9.17, 15) is 8.42 Å². The average Bonchev–Trinajstić information content (AvgIpc) is 2.26. The lowest BCUT2D eigenvalue weighted by Crippen LogP contribution is -2.12. The Balaban J connectivity index is 2.67. The van der Waals surface area contributed by atoms with Crippen LogP contribution in [0.4, 0.5) is 0 Å². The molecule has 0 aliphatic rings. The highest BCUT2D eigenvalue weighted by atomic mass is 35.5. The quantitative estimate of drug-likeness (QED) is 0.821. The molecular formula is C12H18ClNO2S2. The third-order valence-corrected chi connectivity index (χ3v) is 5.12. The number of hydrogen-bond acceptors (Lipinski definition) is 4. The molecule has 0 spiro atoms. The van der Waals surface area contributed by atoms with Crippen molar-refractivity contribution in [1.82, 2.24) is 5.32 Å². The Kier molecular flexibility index (Phi) is 5.98. The second-order valence-electron chi connectivity index (χ2n) is 4.17. The summed E-state index contributed by atoms with van der Waals surface area (Å²) in [6.07, 6.45) is 1.25. The fourth-order valence-corrected chi connectivity index (χ4v) is 3.97. The normalized spacial score (nSPS) is 13.6. The largest absolute Gasteiger partial charge is 0.313 e. The van der Waals surface area contributed by atoms with Crippen LogP contribution in [-0.4, -0.2) is 33.2 Å². The molecule has 1 unspecified atom stereocenters. The number of benzene rings is 1. The number of nitrogens with one attached hydrogen (secondary N) is 1. The molecular weight excluding hydrogens is 290 g/mol. The van der Waals surface area contributed by atoms with Gasteiger partial charge in [0.15, 0.2) is 0 Å². The molecule has 0 saturated carbocycles.